The standard InChI is InChI=1S/C29H26F3NO4/c1-17(2)16-37-23-12-5-9-20(14-23)26(34)24-25(19-8-4-7-18(3)13-19)33(28(36)27(24)35)22-11-6-10-21(15-22)29(30,31)32/h4-15,17,25,34H,16H2,1-3H3/b26-24+. The predicted octanol–water partition coefficient (Wildman–Crippen LogP) is 6.67. The van der Waals surface area contributed by atoms with Crippen molar-refractivity contribution in [2.45, 2.75) is 33.0 Å². The number of amides is 1. The number of ketones is 1. The molecule has 1 amide bonds. The number of aryl methyl sites for hydroxylation is 1. The topological polar surface area (TPSA) is 66.8 Å². The summed E-state index contributed by atoms with van der Waals surface area (Å²) in [4.78, 5) is 27.6. The van der Waals surface area contributed by atoms with Crippen LogP contribution in [0.15, 0.2) is 78.4 Å². The van der Waals surface area contributed by atoms with E-state index in [0.29, 0.717) is 17.9 Å². The summed E-state index contributed by atoms with van der Waals surface area (Å²) in [7, 11) is 0. The van der Waals surface area contributed by atoms with Gasteiger partial charge in [-0.2, -0.15) is 13.2 Å². The van der Waals surface area contributed by atoms with Gasteiger partial charge in [-0.3, -0.25) is 14.5 Å². The minimum absolute atomic E-state index is 0.100. The second kappa shape index (κ2) is 10.1. The molecule has 0 radical (unpaired) electrons. The SMILES string of the molecule is Cc1cccc(C2/C(=C(\O)c3cccc(OCC(C)C)c3)C(=O)C(=O)N2c2cccc(C(F)(F)F)c2)c1. The number of rotatable bonds is 6. The van der Waals surface area contributed by atoms with E-state index in [2.05, 4.69) is 0 Å². The summed E-state index contributed by atoms with van der Waals surface area (Å²) in [5.41, 5.74) is 0.276. The second-order valence-corrected chi connectivity index (χ2v) is 9.36. The molecule has 8 heteroatoms. The molecule has 1 aliphatic rings. The van der Waals surface area contributed by atoms with E-state index in [9.17, 15) is 27.9 Å². The summed E-state index contributed by atoms with van der Waals surface area (Å²) in [5, 5.41) is 11.3. The molecule has 5 nitrogen and oxygen atoms in total. The highest BCUT2D eigenvalue weighted by Gasteiger charge is 2.47. The molecular formula is C29H26F3NO4. The van der Waals surface area contributed by atoms with Crippen LogP contribution in [0.25, 0.3) is 5.76 Å². The minimum Gasteiger partial charge on any atom is -0.507 e. The Hall–Kier alpha value is -4.07. The Bertz CT molecular complexity index is 1380. The number of ether oxygens (including phenoxy) is 1. The van der Waals surface area contributed by atoms with Gasteiger partial charge in [-0.1, -0.05) is 61.9 Å². The minimum atomic E-state index is -4.64. The zero-order valence-electron chi connectivity index (χ0n) is 20.5. The van der Waals surface area contributed by atoms with E-state index < -0.39 is 35.2 Å². The van der Waals surface area contributed by atoms with Crippen molar-refractivity contribution in [1.82, 2.24) is 0 Å². The van der Waals surface area contributed by atoms with Crippen LogP contribution in [0.4, 0.5) is 18.9 Å². The summed E-state index contributed by atoms with van der Waals surface area (Å²) in [6.45, 7) is 6.23. The first-order valence-corrected chi connectivity index (χ1v) is 11.8. The van der Waals surface area contributed by atoms with Crippen molar-refractivity contribution in [3.05, 3.63) is 101 Å². The third-order valence-corrected chi connectivity index (χ3v) is 5.94. The summed E-state index contributed by atoms with van der Waals surface area (Å²) in [5.74, 6) is -1.72. The fraction of sp³-hybridized carbons (Fsp3) is 0.241. The number of aliphatic hydroxyl groups excluding tert-OH is 1. The first-order valence-electron chi connectivity index (χ1n) is 11.8. The summed E-state index contributed by atoms with van der Waals surface area (Å²) < 4.78 is 46.1. The van der Waals surface area contributed by atoms with Crippen molar-refractivity contribution < 1.29 is 32.6 Å². The first kappa shape index (κ1) is 26.0. The average Bonchev–Trinajstić information content (AvgIpc) is 3.12. The number of halogens is 3. The monoisotopic (exact) mass is 509 g/mol. The number of aliphatic hydroxyl groups is 1. The maximum Gasteiger partial charge on any atom is 0.416 e. The maximum absolute atomic E-state index is 13.4. The smallest absolute Gasteiger partial charge is 0.416 e. The van der Waals surface area contributed by atoms with Crippen molar-refractivity contribution in [3.63, 3.8) is 0 Å². The average molecular weight is 510 g/mol. The van der Waals surface area contributed by atoms with E-state index in [-0.39, 0.29) is 22.7 Å². The molecule has 1 aliphatic heterocycles. The Balaban J connectivity index is 1.89. The number of hydrogen-bond donors (Lipinski definition) is 1. The highest BCUT2D eigenvalue weighted by molar-refractivity contribution is 6.51. The normalized spacial score (nSPS) is 17.5. The Morgan fingerprint density at radius 2 is 1.70 bits per heavy atom. The molecule has 0 aliphatic carbocycles. The zero-order chi connectivity index (χ0) is 26.9. The van der Waals surface area contributed by atoms with Crippen molar-refractivity contribution in [1.29, 1.82) is 0 Å². The molecule has 1 unspecified atom stereocenters. The Kier molecular flexibility index (Phi) is 7.12. The fourth-order valence-corrected chi connectivity index (χ4v) is 4.24. The first-order chi connectivity index (χ1) is 17.5. The Morgan fingerprint density at radius 1 is 1.00 bits per heavy atom. The van der Waals surface area contributed by atoms with Crippen LogP contribution >= 0.6 is 0 Å². The third kappa shape index (κ3) is 5.38. The lowest BCUT2D eigenvalue weighted by Crippen LogP contribution is -2.29. The van der Waals surface area contributed by atoms with Gasteiger partial charge >= 0.3 is 6.18 Å². The zero-order valence-corrected chi connectivity index (χ0v) is 20.5. The molecule has 3 aromatic rings. The number of hydrogen-bond acceptors (Lipinski definition) is 4. The van der Waals surface area contributed by atoms with Crippen molar-refractivity contribution >= 4 is 23.1 Å². The van der Waals surface area contributed by atoms with Crippen LogP contribution in [0.1, 0.15) is 42.1 Å². The van der Waals surface area contributed by atoms with E-state index in [1.807, 2.05) is 26.8 Å². The molecule has 3 aromatic carbocycles. The number of benzene rings is 3. The quantitative estimate of drug-likeness (QED) is 0.229. The highest BCUT2D eigenvalue weighted by Crippen LogP contribution is 2.43. The van der Waals surface area contributed by atoms with Gasteiger partial charge in [0.1, 0.15) is 11.5 Å². The van der Waals surface area contributed by atoms with Gasteiger partial charge in [-0.15, -0.1) is 0 Å². The van der Waals surface area contributed by atoms with Gasteiger partial charge in [-0.05, 0) is 48.7 Å². The van der Waals surface area contributed by atoms with Crippen LogP contribution in [0, 0.1) is 12.8 Å². The number of nitrogens with zero attached hydrogens (tertiary/aromatic N) is 1. The van der Waals surface area contributed by atoms with Gasteiger partial charge in [0, 0.05) is 11.3 Å². The number of carbonyl (C=O) groups is 2. The lowest BCUT2D eigenvalue weighted by atomic mass is 9.94. The molecule has 0 spiro atoms. The Labute approximate surface area is 212 Å². The van der Waals surface area contributed by atoms with Crippen molar-refractivity contribution in [3.8, 4) is 5.75 Å². The lowest BCUT2D eigenvalue weighted by molar-refractivity contribution is -0.137. The van der Waals surface area contributed by atoms with E-state index >= 15 is 0 Å². The molecule has 1 fully saturated rings. The van der Waals surface area contributed by atoms with Crippen LogP contribution < -0.4 is 9.64 Å². The summed E-state index contributed by atoms with van der Waals surface area (Å²) in [6, 6.07) is 16.5. The summed E-state index contributed by atoms with van der Waals surface area (Å²) in [6.07, 6.45) is -4.64. The van der Waals surface area contributed by atoms with Gasteiger partial charge < -0.3 is 9.84 Å². The molecule has 1 atom stereocenters. The lowest BCUT2D eigenvalue weighted by Gasteiger charge is -2.26. The molecule has 1 saturated heterocycles. The highest BCUT2D eigenvalue weighted by atomic mass is 19.4. The molecule has 0 aromatic heterocycles. The van der Waals surface area contributed by atoms with Gasteiger partial charge in [-0.25, -0.2) is 0 Å². The van der Waals surface area contributed by atoms with Gasteiger partial charge in [0.05, 0.1) is 23.8 Å². The second-order valence-electron chi connectivity index (χ2n) is 9.36. The molecule has 0 bridgehead atoms. The largest absolute Gasteiger partial charge is 0.507 e. The maximum atomic E-state index is 13.4. The van der Waals surface area contributed by atoms with E-state index in [4.69, 9.17) is 4.74 Å². The number of carbonyl (C=O) groups excluding carboxylic acids is 2. The van der Waals surface area contributed by atoms with Crippen molar-refractivity contribution in [2.24, 2.45) is 5.92 Å². The molecule has 1 N–H and O–H groups in total. The van der Waals surface area contributed by atoms with E-state index in [1.165, 1.54) is 12.1 Å². The molecule has 192 valence electrons. The van der Waals surface area contributed by atoms with E-state index in [0.717, 1.165) is 22.6 Å². The fourth-order valence-electron chi connectivity index (χ4n) is 4.24. The van der Waals surface area contributed by atoms with Gasteiger partial charge in [0.15, 0.2) is 0 Å². The van der Waals surface area contributed by atoms with E-state index in [1.54, 1.807) is 42.5 Å². The van der Waals surface area contributed by atoms with Crippen molar-refractivity contribution in [2.75, 3.05) is 11.5 Å². The molecule has 1 heterocycles. The van der Waals surface area contributed by atoms with Gasteiger partial charge in [0.25, 0.3) is 11.7 Å². The number of Topliss-reactive ketones (excluding diaryl/α,β-unsaturated/α-hetero) is 1. The molecule has 37 heavy (non-hydrogen) atoms. The van der Waals surface area contributed by atoms with Crippen LogP contribution in [0.3, 0.4) is 0 Å². The third-order valence-electron chi connectivity index (χ3n) is 5.94. The van der Waals surface area contributed by atoms with Crippen LogP contribution in [0.2, 0.25) is 0 Å². The molecular weight excluding hydrogens is 483 g/mol. The Morgan fingerprint density at radius 3 is 2.38 bits per heavy atom. The number of alkyl halides is 3. The van der Waals surface area contributed by atoms with Crippen LogP contribution in [-0.4, -0.2) is 23.4 Å². The molecule has 4 rings (SSSR count). The van der Waals surface area contributed by atoms with Crippen LogP contribution in [0.5, 0.6) is 5.75 Å². The van der Waals surface area contributed by atoms with Crippen LogP contribution in [-0.2, 0) is 15.8 Å². The predicted molar refractivity (Wildman–Crippen MR) is 134 cm³/mol. The summed E-state index contributed by atoms with van der Waals surface area (Å²) >= 11 is 0. The van der Waals surface area contributed by atoms with Gasteiger partial charge in [0.2, 0.25) is 0 Å². The number of anilines is 1. The molecule has 0 saturated carbocycles.